The maximum Gasteiger partial charge on any atom is 0.264 e. The average molecular weight is 482 g/mol. The van der Waals surface area contributed by atoms with Crippen molar-refractivity contribution in [3.8, 4) is 17.2 Å². The molecule has 34 heavy (non-hydrogen) atoms. The van der Waals surface area contributed by atoms with E-state index in [2.05, 4.69) is 11.8 Å². The molecule has 1 saturated heterocycles. The maximum atomic E-state index is 13.4. The normalized spacial score (nSPS) is 21.5. The van der Waals surface area contributed by atoms with Gasteiger partial charge in [-0.3, -0.25) is 4.79 Å². The molecule has 2 aliphatic heterocycles. The van der Waals surface area contributed by atoms with Crippen molar-refractivity contribution >= 4 is 23.4 Å². The Kier molecular flexibility index (Phi) is 7.53. The lowest BCUT2D eigenvalue weighted by Gasteiger charge is -2.32. The van der Waals surface area contributed by atoms with Gasteiger partial charge in [0.05, 0.1) is 0 Å². The SMILES string of the molecule is O=C(COc1ccc2c(c1)OCCO2)N(CC1CCC2(CCCCCCC2)S1)c1ccccc1. The predicted octanol–water partition coefficient (Wildman–Crippen LogP) is 6.25. The van der Waals surface area contributed by atoms with Crippen LogP contribution in [0, 0.1) is 0 Å². The van der Waals surface area contributed by atoms with E-state index in [4.69, 9.17) is 14.2 Å². The van der Waals surface area contributed by atoms with E-state index in [0.717, 1.165) is 18.0 Å². The number of thioether (sulfide) groups is 1. The number of nitrogens with zero attached hydrogens (tertiary/aromatic N) is 1. The second-order valence-corrected chi connectivity index (χ2v) is 11.4. The predicted molar refractivity (Wildman–Crippen MR) is 137 cm³/mol. The van der Waals surface area contributed by atoms with Crippen LogP contribution in [0.2, 0.25) is 0 Å². The van der Waals surface area contributed by atoms with Crippen molar-refractivity contribution in [1.82, 2.24) is 0 Å². The fourth-order valence-electron chi connectivity index (χ4n) is 5.44. The van der Waals surface area contributed by atoms with Crippen LogP contribution in [0.15, 0.2) is 48.5 Å². The van der Waals surface area contributed by atoms with Crippen LogP contribution >= 0.6 is 11.8 Å². The van der Waals surface area contributed by atoms with Gasteiger partial charge in [-0.25, -0.2) is 0 Å². The Balaban J connectivity index is 1.24. The summed E-state index contributed by atoms with van der Waals surface area (Å²) in [5.74, 6) is 2.00. The third kappa shape index (κ3) is 5.65. The molecule has 2 fully saturated rings. The molecule has 0 aromatic heterocycles. The molecule has 1 spiro atoms. The van der Waals surface area contributed by atoms with Gasteiger partial charge < -0.3 is 19.1 Å². The lowest BCUT2D eigenvalue weighted by Crippen LogP contribution is -2.39. The van der Waals surface area contributed by atoms with Crippen LogP contribution in [0.25, 0.3) is 0 Å². The summed E-state index contributed by atoms with van der Waals surface area (Å²) in [5.41, 5.74) is 0.942. The van der Waals surface area contributed by atoms with Crippen LogP contribution in [0.1, 0.15) is 57.8 Å². The first-order valence-corrected chi connectivity index (χ1v) is 13.6. The van der Waals surface area contributed by atoms with E-state index in [1.165, 1.54) is 57.8 Å². The highest BCUT2D eigenvalue weighted by Gasteiger charge is 2.40. The Morgan fingerprint density at radius 2 is 1.68 bits per heavy atom. The third-order valence-corrected chi connectivity index (χ3v) is 9.06. The summed E-state index contributed by atoms with van der Waals surface area (Å²) in [6, 6.07) is 15.5. The number of carbonyl (C=O) groups is 1. The number of carbonyl (C=O) groups excluding carboxylic acids is 1. The van der Waals surface area contributed by atoms with Crippen LogP contribution < -0.4 is 19.1 Å². The van der Waals surface area contributed by atoms with Gasteiger partial charge in [0, 0.05) is 28.3 Å². The van der Waals surface area contributed by atoms with Crippen molar-refractivity contribution in [2.75, 3.05) is 31.3 Å². The van der Waals surface area contributed by atoms with Crippen molar-refractivity contribution in [2.45, 2.75) is 67.8 Å². The molecule has 0 bridgehead atoms. The molecule has 0 N–H and O–H groups in total. The highest BCUT2D eigenvalue weighted by atomic mass is 32.2. The number of amides is 1. The van der Waals surface area contributed by atoms with E-state index in [9.17, 15) is 4.79 Å². The molecule has 1 atom stereocenters. The Morgan fingerprint density at radius 1 is 0.941 bits per heavy atom. The summed E-state index contributed by atoms with van der Waals surface area (Å²) in [6.07, 6.45) is 12.0. The fraction of sp³-hybridized carbons (Fsp3) is 0.536. The molecule has 6 heteroatoms. The number of benzene rings is 2. The lowest BCUT2D eigenvalue weighted by molar-refractivity contribution is -0.120. The molecular formula is C28H35NO4S. The van der Waals surface area contributed by atoms with E-state index in [-0.39, 0.29) is 12.5 Å². The summed E-state index contributed by atoms with van der Waals surface area (Å²) in [7, 11) is 0. The number of hydrogen-bond donors (Lipinski definition) is 0. The van der Waals surface area contributed by atoms with E-state index < -0.39 is 0 Å². The molecule has 5 rings (SSSR count). The van der Waals surface area contributed by atoms with Gasteiger partial charge in [-0.2, -0.15) is 0 Å². The molecule has 1 amide bonds. The van der Waals surface area contributed by atoms with Crippen molar-refractivity contribution < 1.29 is 19.0 Å². The van der Waals surface area contributed by atoms with Crippen LogP contribution in [-0.4, -0.2) is 42.3 Å². The number of para-hydroxylation sites is 1. The van der Waals surface area contributed by atoms with E-state index in [1.807, 2.05) is 47.4 Å². The van der Waals surface area contributed by atoms with E-state index in [0.29, 0.717) is 34.7 Å². The molecule has 0 radical (unpaired) electrons. The van der Waals surface area contributed by atoms with Crippen molar-refractivity contribution in [1.29, 1.82) is 0 Å². The van der Waals surface area contributed by atoms with Gasteiger partial charge in [-0.15, -0.1) is 11.8 Å². The molecule has 1 unspecified atom stereocenters. The van der Waals surface area contributed by atoms with Crippen LogP contribution in [-0.2, 0) is 4.79 Å². The standard InChI is InChI=1S/C28H35NO4S/c30-27(21-33-23-11-12-25-26(19-23)32-18-17-31-25)29(22-9-5-4-6-10-22)20-24-13-16-28(34-24)14-7-2-1-3-8-15-28/h4-6,9-12,19,24H,1-3,7-8,13-18,20-21H2. The molecule has 3 aliphatic rings. The number of rotatable bonds is 6. The van der Waals surface area contributed by atoms with Crippen LogP contribution in [0.5, 0.6) is 17.2 Å². The Bertz CT molecular complexity index is 958. The van der Waals surface area contributed by atoms with Crippen molar-refractivity contribution in [3.63, 3.8) is 0 Å². The van der Waals surface area contributed by atoms with Gasteiger partial charge in [-0.05, 0) is 49.9 Å². The van der Waals surface area contributed by atoms with Gasteiger partial charge in [0.1, 0.15) is 19.0 Å². The molecule has 182 valence electrons. The smallest absolute Gasteiger partial charge is 0.264 e. The number of ether oxygens (including phenoxy) is 3. The highest BCUT2D eigenvalue weighted by molar-refractivity contribution is 8.01. The largest absolute Gasteiger partial charge is 0.486 e. The van der Waals surface area contributed by atoms with Gasteiger partial charge in [0.25, 0.3) is 5.91 Å². The molecular weight excluding hydrogens is 446 g/mol. The monoisotopic (exact) mass is 481 g/mol. The molecule has 2 aromatic rings. The first kappa shape index (κ1) is 23.4. The molecule has 2 heterocycles. The molecule has 1 aliphatic carbocycles. The topological polar surface area (TPSA) is 48.0 Å². The maximum absolute atomic E-state index is 13.4. The zero-order valence-corrected chi connectivity index (χ0v) is 20.7. The first-order chi connectivity index (χ1) is 16.7. The Hall–Kier alpha value is -2.34. The van der Waals surface area contributed by atoms with Crippen LogP contribution in [0.3, 0.4) is 0 Å². The minimum Gasteiger partial charge on any atom is -0.486 e. The minimum atomic E-state index is -0.0136. The second kappa shape index (κ2) is 10.9. The third-order valence-electron chi connectivity index (χ3n) is 7.23. The number of fused-ring (bicyclic) bond motifs is 1. The number of hydrogen-bond acceptors (Lipinski definition) is 5. The Labute approximate surface area is 207 Å². The second-order valence-electron chi connectivity index (χ2n) is 9.66. The average Bonchev–Trinajstić information content (AvgIpc) is 3.27. The first-order valence-electron chi connectivity index (χ1n) is 12.8. The summed E-state index contributed by atoms with van der Waals surface area (Å²) in [4.78, 5) is 15.3. The van der Waals surface area contributed by atoms with Gasteiger partial charge in [0.15, 0.2) is 18.1 Å². The van der Waals surface area contributed by atoms with E-state index in [1.54, 1.807) is 6.07 Å². The van der Waals surface area contributed by atoms with Gasteiger partial charge >= 0.3 is 0 Å². The van der Waals surface area contributed by atoms with E-state index >= 15 is 0 Å². The summed E-state index contributed by atoms with van der Waals surface area (Å²) in [5, 5.41) is 0.470. The molecule has 2 aromatic carbocycles. The summed E-state index contributed by atoms with van der Waals surface area (Å²) >= 11 is 2.16. The zero-order valence-electron chi connectivity index (χ0n) is 19.9. The fourth-order valence-corrected chi connectivity index (χ4v) is 7.37. The minimum absolute atomic E-state index is 0.00291. The summed E-state index contributed by atoms with van der Waals surface area (Å²) in [6.45, 7) is 1.81. The van der Waals surface area contributed by atoms with Gasteiger partial charge in [0.2, 0.25) is 0 Å². The van der Waals surface area contributed by atoms with Crippen LogP contribution in [0.4, 0.5) is 5.69 Å². The lowest BCUT2D eigenvalue weighted by atomic mass is 9.87. The number of anilines is 1. The Morgan fingerprint density at radius 3 is 2.47 bits per heavy atom. The molecule has 1 saturated carbocycles. The summed E-state index contributed by atoms with van der Waals surface area (Å²) < 4.78 is 17.6. The quantitative estimate of drug-likeness (QED) is 0.488. The highest BCUT2D eigenvalue weighted by Crippen LogP contribution is 2.50. The zero-order chi connectivity index (χ0) is 23.2. The molecule has 5 nitrogen and oxygen atoms in total. The van der Waals surface area contributed by atoms with Crippen molar-refractivity contribution in [2.24, 2.45) is 0 Å². The van der Waals surface area contributed by atoms with Gasteiger partial charge in [-0.1, -0.05) is 50.3 Å². The van der Waals surface area contributed by atoms with Crippen molar-refractivity contribution in [3.05, 3.63) is 48.5 Å².